The molecule has 1 fully saturated rings. The maximum absolute atomic E-state index is 13.3. The average Bonchev–Trinajstić information content (AvgIpc) is 3.28. The van der Waals surface area contributed by atoms with Gasteiger partial charge in [-0.05, 0) is 48.6 Å². The third-order valence-corrected chi connectivity index (χ3v) is 9.60. The molecule has 0 unspecified atom stereocenters. The average molecular weight is 469 g/mol. The third kappa shape index (κ3) is 4.21. The zero-order chi connectivity index (χ0) is 22.1. The molecule has 3 aromatic rings. The Morgan fingerprint density at radius 1 is 1.06 bits per heavy atom. The third-order valence-electron chi connectivity index (χ3n) is 6.61. The molecule has 1 aromatic heterocycles. The maximum Gasteiger partial charge on any atom is 0.243 e. The van der Waals surface area contributed by atoms with Gasteiger partial charge in [-0.1, -0.05) is 43.5 Å². The smallest absolute Gasteiger partial charge is 0.243 e. The van der Waals surface area contributed by atoms with Crippen molar-refractivity contribution >= 4 is 21.4 Å². The summed E-state index contributed by atoms with van der Waals surface area (Å²) < 4.78 is 33.6. The van der Waals surface area contributed by atoms with E-state index in [-0.39, 0.29) is 0 Å². The van der Waals surface area contributed by atoms with Gasteiger partial charge in [0.05, 0.1) is 24.2 Å². The number of hydrogen-bond donors (Lipinski definition) is 0. The molecule has 168 valence electrons. The number of methoxy groups -OCH3 is 1. The van der Waals surface area contributed by atoms with Crippen molar-refractivity contribution in [1.29, 1.82) is 0 Å². The summed E-state index contributed by atoms with van der Waals surface area (Å²) >= 11 is 1.57. The van der Waals surface area contributed by atoms with Crippen molar-refractivity contribution in [2.45, 2.75) is 55.9 Å². The topological polar surface area (TPSA) is 59.5 Å². The second kappa shape index (κ2) is 8.96. The van der Waals surface area contributed by atoms with Crippen molar-refractivity contribution in [3.8, 4) is 16.3 Å². The molecule has 32 heavy (non-hydrogen) atoms. The van der Waals surface area contributed by atoms with Crippen molar-refractivity contribution in [1.82, 2.24) is 9.29 Å². The Bertz CT molecular complexity index is 1200. The number of aromatic nitrogens is 1. The Labute approximate surface area is 194 Å². The van der Waals surface area contributed by atoms with Gasteiger partial charge in [-0.3, -0.25) is 0 Å². The summed E-state index contributed by atoms with van der Waals surface area (Å²) in [7, 11) is -1.88. The van der Waals surface area contributed by atoms with Crippen LogP contribution in [-0.4, -0.2) is 31.4 Å². The van der Waals surface area contributed by atoms with E-state index in [1.54, 1.807) is 34.9 Å². The largest absolute Gasteiger partial charge is 0.497 e. The first kappa shape index (κ1) is 21.6. The second-order valence-electron chi connectivity index (χ2n) is 8.61. The van der Waals surface area contributed by atoms with E-state index in [2.05, 4.69) is 0 Å². The van der Waals surface area contributed by atoms with Crippen LogP contribution in [0, 0.1) is 0 Å². The van der Waals surface area contributed by atoms with E-state index >= 15 is 0 Å². The lowest BCUT2D eigenvalue weighted by molar-refractivity contribution is 0.393. The lowest BCUT2D eigenvalue weighted by Gasteiger charge is -2.26. The maximum atomic E-state index is 13.3. The monoisotopic (exact) mass is 468 g/mol. The highest BCUT2D eigenvalue weighted by Crippen LogP contribution is 2.36. The van der Waals surface area contributed by atoms with E-state index in [9.17, 15) is 8.42 Å². The second-order valence-corrected chi connectivity index (χ2v) is 11.6. The van der Waals surface area contributed by atoms with Gasteiger partial charge < -0.3 is 4.74 Å². The summed E-state index contributed by atoms with van der Waals surface area (Å²) in [5, 5.41) is 0.907. The van der Waals surface area contributed by atoms with E-state index < -0.39 is 10.0 Å². The molecule has 2 aliphatic rings. The van der Waals surface area contributed by atoms with E-state index in [4.69, 9.17) is 9.72 Å². The Morgan fingerprint density at radius 3 is 2.59 bits per heavy atom. The lowest BCUT2D eigenvalue weighted by atomic mass is 9.84. The summed E-state index contributed by atoms with van der Waals surface area (Å²) in [5.41, 5.74) is 3.28. The number of benzene rings is 2. The fourth-order valence-corrected chi connectivity index (χ4v) is 7.36. The Morgan fingerprint density at radius 2 is 1.84 bits per heavy atom. The highest BCUT2D eigenvalue weighted by Gasteiger charge is 2.31. The summed E-state index contributed by atoms with van der Waals surface area (Å²) in [6, 6.07) is 15.5. The van der Waals surface area contributed by atoms with Crippen LogP contribution in [0.25, 0.3) is 10.6 Å². The fraction of sp³-hybridized carbons (Fsp3) is 0.400. The number of rotatable bonds is 5. The quantitative estimate of drug-likeness (QED) is 0.488. The number of sulfonamides is 1. The molecule has 0 atom stereocenters. The van der Waals surface area contributed by atoms with E-state index in [0.717, 1.165) is 26.9 Å². The van der Waals surface area contributed by atoms with Crippen LogP contribution in [0.3, 0.4) is 0 Å². The normalized spacial score (nSPS) is 17.8. The van der Waals surface area contributed by atoms with Gasteiger partial charge in [0.2, 0.25) is 10.0 Å². The van der Waals surface area contributed by atoms with Crippen molar-refractivity contribution in [3.63, 3.8) is 0 Å². The van der Waals surface area contributed by atoms with Crippen LogP contribution in [0.2, 0.25) is 0 Å². The van der Waals surface area contributed by atoms with Crippen LogP contribution in [-0.2, 0) is 23.0 Å². The summed E-state index contributed by atoms with van der Waals surface area (Å²) in [5.74, 6) is 1.36. The van der Waals surface area contributed by atoms with Crippen molar-refractivity contribution in [2.75, 3.05) is 13.7 Å². The predicted octanol–water partition coefficient (Wildman–Crippen LogP) is 5.61. The van der Waals surface area contributed by atoms with Crippen LogP contribution in [0.15, 0.2) is 53.4 Å². The molecule has 0 radical (unpaired) electrons. The van der Waals surface area contributed by atoms with Crippen molar-refractivity contribution in [3.05, 3.63) is 64.7 Å². The van der Waals surface area contributed by atoms with Gasteiger partial charge in [0, 0.05) is 23.4 Å². The van der Waals surface area contributed by atoms with Crippen LogP contribution < -0.4 is 4.74 Å². The first-order valence-electron chi connectivity index (χ1n) is 11.3. The van der Waals surface area contributed by atoms with Gasteiger partial charge in [0.1, 0.15) is 10.8 Å². The first-order valence-corrected chi connectivity index (χ1v) is 13.5. The zero-order valence-corrected chi connectivity index (χ0v) is 19.9. The summed E-state index contributed by atoms with van der Waals surface area (Å²) in [6.07, 6.45) is 6.91. The number of ether oxygens (including phenoxy) is 1. The van der Waals surface area contributed by atoms with Crippen molar-refractivity contribution < 1.29 is 13.2 Å². The van der Waals surface area contributed by atoms with Crippen LogP contribution in [0.1, 0.15) is 54.2 Å². The molecule has 0 spiro atoms. The van der Waals surface area contributed by atoms with Crippen LogP contribution in [0.4, 0.5) is 0 Å². The minimum atomic E-state index is -3.53. The Balaban J connectivity index is 1.35. The number of thiazole rings is 1. The number of fused-ring (bicyclic) bond motifs is 1. The van der Waals surface area contributed by atoms with Crippen LogP contribution in [0.5, 0.6) is 5.75 Å². The molecule has 2 heterocycles. The molecule has 0 bridgehead atoms. The molecule has 1 saturated carbocycles. The highest BCUT2D eigenvalue weighted by molar-refractivity contribution is 7.89. The fourth-order valence-electron chi connectivity index (χ4n) is 4.75. The van der Waals surface area contributed by atoms with Gasteiger partial charge in [0.25, 0.3) is 0 Å². The zero-order valence-electron chi connectivity index (χ0n) is 18.3. The molecular formula is C25H28N2O3S2. The van der Waals surface area contributed by atoms with E-state index in [0.29, 0.717) is 30.3 Å². The minimum absolute atomic E-state index is 0.379. The number of hydrogen-bond acceptors (Lipinski definition) is 5. The van der Waals surface area contributed by atoms with Gasteiger partial charge in [0.15, 0.2) is 0 Å². The molecule has 1 aliphatic carbocycles. The predicted molar refractivity (Wildman–Crippen MR) is 128 cm³/mol. The Hall–Kier alpha value is -2.22. The van der Waals surface area contributed by atoms with Gasteiger partial charge in [-0.2, -0.15) is 4.31 Å². The SMILES string of the molecule is COc1cccc(-c2nc3c(s2)CN(S(=O)(=O)c2ccc(C4CCCCC4)cc2)CC3)c1. The van der Waals surface area contributed by atoms with Gasteiger partial charge >= 0.3 is 0 Å². The number of nitrogens with zero attached hydrogens (tertiary/aromatic N) is 2. The highest BCUT2D eigenvalue weighted by atomic mass is 32.2. The first-order chi connectivity index (χ1) is 15.5. The molecular weight excluding hydrogens is 440 g/mol. The van der Waals surface area contributed by atoms with Crippen LogP contribution >= 0.6 is 11.3 Å². The molecule has 5 rings (SSSR count). The molecule has 2 aromatic carbocycles. The molecule has 0 N–H and O–H groups in total. The lowest BCUT2D eigenvalue weighted by Crippen LogP contribution is -2.35. The van der Waals surface area contributed by atoms with E-state index in [1.807, 2.05) is 36.4 Å². The molecule has 1 aliphatic heterocycles. The molecule has 0 saturated heterocycles. The van der Waals surface area contributed by atoms with E-state index in [1.165, 1.54) is 37.7 Å². The van der Waals surface area contributed by atoms with Crippen molar-refractivity contribution in [2.24, 2.45) is 0 Å². The van der Waals surface area contributed by atoms with Gasteiger partial charge in [-0.15, -0.1) is 11.3 Å². The summed E-state index contributed by atoms with van der Waals surface area (Å²) in [6.45, 7) is 0.838. The molecule has 0 amide bonds. The summed E-state index contributed by atoms with van der Waals surface area (Å²) in [4.78, 5) is 6.20. The minimum Gasteiger partial charge on any atom is -0.497 e. The molecule has 7 heteroatoms. The Kier molecular flexibility index (Phi) is 6.05. The van der Waals surface area contributed by atoms with Gasteiger partial charge in [-0.25, -0.2) is 13.4 Å². The molecule has 5 nitrogen and oxygen atoms in total. The standard InChI is InChI=1S/C25H28N2O3S2/c1-30-21-9-5-8-20(16-21)25-26-23-14-15-27(17-24(23)31-25)32(28,29)22-12-10-19(11-13-22)18-6-3-2-4-7-18/h5,8-13,16,18H,2-4,6-7,14-15,17H2,1H3.